The van der Waals surface area contributed by atoms with Crippen LogP contribution in [0.4, 0.5) is 0 Å². The largest absolute Gasteiger partial charge is 0.382 e. The number of nitrogens with zero attached hydrogens (tertiary/aromatic N) is 1. The SMILES string of the molecule is COC[C@H](NC(=O)Cc1c[nH]c2ncccc12)c1ccc(Cl)cc1. The van der Waals surface area contributed by atoms with Crippen LogP contribution < -0.4 is 5.32 Å². The fraction of sp³-hybridized carbons (Fsp3) is 0.222. The Bertz CT molecular complexity index is 830. The molecule has 2 aromatic heterocycles. The molecule has 0 saturated carbocycles. The lowest BCUT2D eigenvalue weighted by Crippen LogP contribution is -2.32. The number of halogens is 1. The third-order valence-corrected chi connectivity index (χ3v) is 4.08. The van der Waals surface area contributed by atoms with E-state index >= 15 is 0 Å². The van der Waals surface area contributed by atoms with Gasteiger partial charge in [0.25, 0.3) is 0 Å². The Morgan fingerprint density at radius 1 is 1.33 bits per heavy atom. The van der Waals surface area contributed by atoms with Crippen molar-refractivity contribution in [3.63, 3.8) is 0 Å². The number of methoxy groups -OCH3 is 1. The van der Waals surface area contributed by atoms with Crippen LogP contribution in [0.3, 0.4) is 0 Å². The van der Waals surface area contributed by atoms with Gasteiger partial charge in [0.15, 0.2) is 0 Å². The normalized spacial score (nSPS) is 12.2. The molecule has 0 aliphatic heterocycles. The summed E-state index contributed by atoms with van der Waals surface area (Å²) in [6.07, 6.45) is 3.82. The highest BCUT2D eigenvalue weighted by molar-refractivity contribution is 6.30. The van der Waals surface area contributed by atoms with Crippen molar-refractivity contribution in [3.8, 4) is 0 Å². The number of aromatic amines is 1. The summed E-state index contributed by atoms with van der Waals surface area (Å²) in [6, 6.07) is 11.0. The van der Waals surface area contributed by atoms with Crippen LogP contribution in [-0.4, -0.2) is 29.6 Å². The van der Waals surface area contributed by atoms with Crippen molar-refractivity contribution in [3.05, 3.63) is 64.9 Å². The number of carbonyl (C=O) groups excluding carboxylic acids is 1. The molecule has 2 N–H and O–H groups in total. The van der Waals surface area contributed by atoms with E-state index in [4.69, 9.17) is 16.3 Å². The number of rotatable bonds is 6. The summed E-state index contributed by atoms with van der Waals surface area (Å²) in [5.74, 6) is -0.0725. The molecule has 5 nitrogen and oxygen atoms in total. The van der Waals surface area contributed by atoms with Gasteiger partial charge < -0.3 is 15.0 Å². The topological polar surface area (TPSA) is 67.0 Å². The zero-order valence-electron chi connectivity index (χ0n) is 13.3. The van der Waals surface area contributed by atoms with Gasteiger partial charge in [-0.1, -0.05) is 23.7 Å². The van der Waals surface area contributed by atoms with Crippen molar-refractivity contribution >= 4 is 28.5 Å². The highest BCUT2D eigenvalue weighted by Crippen LogP contribution is 2.19. The number of benzene rings is 1. The maximum absolute atomic E-state index is 12.5. The van der Waals surface area contributed by atoms with Crippen LogP contribution in [0.2, 0.25) is 5.02 Å². The molecule has 1 amide bonds. The van der Waals surface area contributed by atoms with E-state index < -0.39 is 0 Å². The quantitative estimate of drug-likeness (QED) is 0.722. The van der Waals surface area contributed by atoms with Crippen molar-refractivity contribution in [2.24, 2.45) is 0 Å². The lowest BCUT2D eigenvalue weighted by Gasteiger charge is -2.18. The summed E-state index contributed by atoms with van der Waals surface area (Å²) in [4.78, 5) is 19.8. The number of fused-ring (bicyclic) bond motifs is 1. The first-order valence-corrected chi connectivity index (χ1v) is 8.00. The zero-order valence-corrected chi connectivity index (χ0v) is 14.0. The molecule has 1 atom stereocenters. The van der Waals surface area contributed by atoms with Gasteiger partial charge in [-0.15, -0.1) is 0 Å². The lowest BCUT2D eigenvalue weighted by molar-refractivity contribution is -0.121. The number of amides is 1. The number of H-pyrrole nitrogens is 1. The number of hydrogen-bond acceptors (Lipinski definition) is 3. The van der Waals surface area contributed by atoms with Crippen LogP contribution in [0.5, 0.6) is 0 Å². The summed E-state index contributed by atoms with van der Waals surface area (Å²) in [5, 5.41) is 4.64. The predicted molar refractivity (Wildman–Crippen MR) is 94.0 cm³/mol. The molecule has 0 radical (unpaired) electrons. The Morgan fingerprint density at radius 2 is 2.12 bits per heavy atom. The summed E-state index contributed by atoms with van der Waals surface area (Å²) in [5.41, 5.74) is 2.66. The lowest BCUT2D eigenvalue weighted by atomic mass is 10.1. The van der Waals surface area contributed by atoms with Crippen LogP contribution >= 0.6 is 11.6 Å². The van der Waals surface area contributed by atoms with Gasteiger partial charge in [-0.3, -0.25) is 4.79 Å². The zero-order chi connectivity index (χ0) is 16.9. The Balaban J connectivity index is 1.72. The fourth-order valence-corrected chi connectivity index (χ4v) is 2.79. The molecule has 0 aliphatic rings. The number of ether oxygens (including phenoxy) is 1. The second kappa shape index (κ2) is 7.47. The monoisotopic (exact) mass is 343 g/mol. The molecule has 0 spiro atoms. The van der Waals surface area contributed by atoms with Gasteiger partial charge in [0.2, 0.25) is 5.91 Å². The molecule has 124 valence electrons. The van der Waals surface area contributed by atoms with Crippen LogP contribution in [0.1, 0.15) is 17.2 Å². The third-order valence-electron chi connectivity index (χ3n) is 3.83. The van der Waals surface area contributed by atoms with Crippen LogP contribution in [0.15, 0.2) is 48.8 Å². The summed E-state index contributed by atoms with van der Waals surface area (Å²) in [6.45, 7) is 0.392. The van der Waals surface area contributed by atoms with E-state index in [1.807, 2.05) is 30.5 Å². The van der Waals surface area contributed by atoms with E-state index in [1.165, 1.54) is 0 Å². The molecule has 3 rings (SSSR count). The Kier molecular flexibility index (Phi) is 5.13. The molecule has 2 heterocycles. The second-order valence-corrected chi connectivity index (χ2v) is 5.95. The fourth-order valence-electron chi connectivity index (χ4n) is 2.66. The van der Waals surface area contributed by atoms with E-state index in [0.717, 1.165) is 22.2 Å². The van der Waals surface area contributed by atoms with Gasteiger partial charge in [-0.05, 0) is 35.4 Å². The molecule has 0 saturated heterocycles. The number of nitrogens with one attached hydrogen (secondary N) is 2. The molecule has 24 heavy (non-hydrogen) atoms. The van der Waals surface area contributed by atoms with Crippen LogP contribution in [0.25, 0.3) is 11.0 Å². The summed E-state index contributed by atoms with van der Waals surface area (Å²) >= 11 is 5.92. The summed E-state index contributed by atoms with van der Waals surface area (Å²) < 4.78 is 5.23. The van der Waals surface area contributed by atoms with Gasteiger partial charge in [0.1, 0.15) is 5.65 Å². The first-order valence-electron chi connectivity index (χ1n) is 7.62. The number of carbonyl (C=O) groups is 1. The van der Waals surface area contributed by atoms with Crippen LogP contribution in [-0.2, 0) is 16.0 Å². The first kappa shape index (κ1) is 16.5. The van der Waals surface area contributed by atoms with Gasteiger partial charge >= 0.3 is 0 Å². The standard InChI is InChI=1S/C18H18ClN3O2/c1-24-11-16(12-4-6-14(19)7-5-12)22-17(23)9-13-10-21-18-15(13)3-2-8-20-18/h2-8,10,16H,9,11H2,1H3,(H,20,21)(H,22,23)/t16-/m0/s1. The molecular weight excluding hydrogens is 326 g/mol. The van der Waals surface area contributed by atoms with Crippen molar-refractivity contribution < 1.29 is 9.53 Å². The van der Waals surface area contributed by atoms with Gasteiger partial charge in [-0.25, -0.2) is 4.98 Å². The second-order valence-electron chi connectivity index (χ2n) is 5.52. The highest BCUT2D eigenvalue weighted by Gasteiger charge is 2.16. The predicted octanol–water partition coefficient (Wildman–Crippen LogP) is 3.26. The van der Waals surface area contributed by atoms with Crippen molar-refractivity contribution in [2.45, 2.75) is 12.5 Å². The van der Waals surface area contributed by atoms with Gasteiger partial charge in [0.05, 0.1) is 19.1 Å². The smallest absolute Gasteiger partial charge is 0.225 e. The molecule has 3 aromatic rings. The minimum absolute atomic E-state index is 0.0725. The van der Waals surface area contributed by atoms with Gasteiger partial charge in [-0.2, -0.15) is 0 Å². The maximum atomic E-state index is 12.5. The van der Waals surface area contributed by atoms with E-state index in [2.05, 4.69) is 15.3 Å². The van der Waals surface area contributed by atoms with Gasteiger partial charge in [0, 0.05) is 29.9 Å². The Morgan fingerprint density at radius 3 is 2.88 bits per heavy atom. The molecule has 6 heteroatoms. The number of pyridine rings is 1. The summed E-state index contributed by atoms with van der Waals surface area (Å²) in [7, 11) is 1.61. The third kappa shape index (κ3) is 3.75. The number of hydrogen-bond donors (Lipinski definition) is 2. The Labute approximate surface area is 145 Å². The minimum Gasteiger partial charge on any atom is -0.382 e. The first-order chi connectivity index (χ1) is 11.7. The minimum atomic E-state index is -0.219. The van der Waals surface area contributed by atoms with E-state index in [0.29, 0.717) is 11.6 Å². The molecule has 0 aliphatic carbocycles. The Hall–Kier alpha value is -2.37. The average molecular weight is 344 g/mol. The van der Waals surface area contributed by atoms with Crippen molar-refractivity contribution in [2.75, 3.05) is 13.7 Å². The molecule has 0 unspecified atom stereocenters. The average Bonchev–Trinajstić information content (AvgIpc) is 2.98. The molecule has 0 fully saturated rings. The number of aromatic nitrogens is 2. The van der Waals surface area contributed by atoms with Crippen molar-refractivity contribution in [1.29, 1.82) is 0 Å². The highest BCUT2D eigenvalue weighted by atomic mass is 35.5. The van der Waals surface area contributed by atoms with E-state index in [-0.39, 0.29) is 18.4 Å². The van der Waals surface area contributed by atoms with Crippen molar-refractivity contribution in [1.82, 2.24) is 15.3 Å². The molecule has 1 aromatic carbocycles. The maximum Gasteiger partial charge on any atom is 0.225 e. The van der Waals surface area contributed by atoms with Crippen LogP contribution in [0, 0.1) is 0 Å². The molecule has 0 bridgehead atoms. The molecular formula is C18H18ClN3O2. The van der Waals surface area contributed by atoms with E-state index in [9.17, 15) is 4.79 Å². The van der Waals surface area contributed by atoms with E-state index in [1.54, 1.807) is 25.4 Å².